The molecule has 0 amide bonds. The summed E-state index contributed by atoms with van der Waals surface area (Å²) in [5.74, 6) is -0.0123. The molecule has 0 fully saturated rings. The predicted molar refractivity (Wildman–Crippen MR) is 47.6 cm³/mol. The Labute approximate surface area is 79.3 Å². The van der Waals surface area contributed by atoms with Gasteiger partial charge in [0.1, 0.15) is 0 Å². The largest absolute Gasteiger partial charge is 0.255 e. The number of halogens is 1. The highest BCUT2D eigenvalue weighted by molar-refractivity contribution is 9.09. The zero-order chi connectivity index (χ0) is 8.97. The second-order valence-electron chi connectivity index (χ2n) is 2.57. The molecule has 0 bridgehead atoms. The third kappa shape index (κ3) is 2.31. The van der Waals surface area contributed by atoms with E-state index in [0.29, 0.717) is 11.8 Å². The van der Waals surface area contributed by atoms with Gasteiger partial charge >= 0.3 is 0 Å². The van der Waals surface area contributed by atoms with E-state index in [-0.39, 0.29) is 5.92 Å². The maximum Gasteiger partial charge on any atom is 0.0840 e. The first-order valence-corrected chi connectivity index (χ1v) is 4.69. The summed E-state index contributed by atoms with van der Waals surface area (Å²) in [6, 6.07) is 2.19. The smallest absolute Gasteiger partial charge is 0.0840 e. The minimum Gasteiger partial charge on any atom is -0.255 e. The summed E-state index contributed by atoms with van der Waals surface area (Å²) in [5, 5.41) is 17.0. The Morgan fingerprint density at radius 3 is 3.00 bits per heavy atom. The summed E-state index contributed by atoms with van der Waals surface area (Å²) >= 11 is 3.26. The highest BCUT2D eigenvalue weighted by Gasteiger charge is 2.08. The van der Waals surface area contributed by atoms with Gasteiger partial charge in [-0.1, -0.05) is 21.1 Å². The number of aryl methyl sites for hydroxylation is 1. The lowest BCUT2D eigenvalue weighted by Gasteiger charge is -1.98. The highest BCUT2D eigenvalue weighted by atomic mass is 79.9. The normalized spacial score (nSPS) is 12.4. The SMILES string of the molecule is Cn1cc(CC(C#N)CBr)nn1. The van der Waals surface area contributed by atoms with Crippen LogP contribution in [0.3, 0.4) is 0 Å². The fraction of sp³-hybridized carbons (Fsp3) is 0.571. The van der Waals surface area contributed by atoms with Gasteiger partial charge < -0.3 is 0 Å². The van der Waals surface area contributed by atoms with Crippen LogP contribution < -0.4 is 0 Å². The van der Waals surface area contributed by atoms with Crippen LogP contribution in [0.2, 0.25) is 0 Å². The molecule has 1 atom stereocenters. The van der Waals surface area contributed by atoms with Gasteiger partial charge in [0.2, 0.25) is 0 Å². The fourth-order valence-corrected chi connectivity index (χ4v) is 1.25. The van der Waals surface area contributed by atoms with E-state index < -0.39 is 0 Å². The van der Waals surface area contributed by atoms with Crippen molar-refractivity contribution in [3.05, 3.63) is 11.9 Å². The summed E-state index contributed by atoms with van der Waals surface area (Å²) in [6.45, 7) is 0. The standard InChI is InChI=1S/C7H9BrN4/c1-12-5-7(10-11-12)2-6(3-8)4-9/h5-6H,2-3H2,1H3. The molecule has 4 nitrogen and oxygen atoms in total. The van der Waals surface area contributed by atoms with Gasteiger partial charge in [0, 0.05) is 25.0 Å². The molecule has 5 heteroatoms. The van der Waals surface area contributed by atoms with Gasteiger partial charge in [0.15, 0.2) is 0 Å². The number of hydrogen-bond donors (Lipinski definition) is 0. The van der Waals surface area contributed by atoms with Gasteiger partial charge in [-0.3, -0.25) is 4.68 Å². The lowest BCUT2D eigenvalue weighted by Crippen LogP contribution is -2.03. The Balaban J connectivity index is 2.58. The molecule has 0 aliphatic heterocycles. The average Bonchev–Trinajstić information content (AvgIpc) is 2.47. The van der Waals surface area contributed by atoms with Crippen LogP contribution in [-0.2, 0) is 13.5 Å². The summed E-state index contributed by atoms with van der Waals surface area (Å²) in [6.07, 6.45) is 2.49. The zero-order valence-corrected chi connectivity index (χ0v) is 8.32. The van der Waals surface area contributed by atoms with E-state index >= 15 is 0 Å². The van der Waals surface area contributed by atoms with Crippen LogP contribution >= 0.6 is 15.9 Å². The van der Waals surface area contributed by atoms with Crippen molar-refractivity contribution in [1.82, 2.24) is 15.0 Å². The third-order valence-electron chi connectivity index (χ3n) is 1.47. The second kappa shape index (κ2) is 4.21. The first kappa shape index (κ1) is 9.20. The minimum absolute atomic E-state index is 0.0123. The summed E-state index contributed by atoms with van der Waals surface area (Å²) in [4.78, 5) is 0. The number of rotatable bonds is 3. The molecule has 1 heterocycles. The lowest BCUT2D eigenvalue weighted by molar-refractivity contribution is 0.705. The molecule has 12 heavy (non-hydrogen) atoms. The number of nitrogens with zero attached hydrogens (tertiary/aromatic N) is 4. The number of aromatic nitrogens is 3. The molecule has 1 unspecified atom stereocenters. The fourth-order valence-electron chi connectivity index (χ4n) is 0.876. The number of hydrogen-bond acceptors (Lipinski definition) is 3. The van der Waals surface area contributed by atoms with Crippen LogP contribution in [0.1, 0.15) is 5.69 Å². The number of nitriles is 1. The van der Waals surface area contributed by atoms with Crippen molar-refractivity contribution in [3.63, 3.8) is 0 Å². The molecular weight excluding hydrogens is 220 g/mol. The molecule has 1 aromatic heterocycles. The van der Waals surface area contributed by atoms with Crippen LogP contribution in [0.5, 0.6) is 0 Å². The molecular formula is C7H9BrN4. The quantitative estimate of drug-likeness (QED) is 0.723. The van der Waals surface area contributed by atoms with Gasteiger partial charge in [-0.05, 0) is 0 Å². The van der Waals surface area contributed by atoms with E-state index in [0.717, 1.165) is 5.69 Å². The van der Waals surface area contributed by atoms with Gasteiger partial charge in [-0.25, -0.2) is 0 Å². The molecule has 0 saturated carbocycles. The molecule has 0 aromatic carbocycles. The summed E-state index contributed by atoms with van der Waals surface area (Å²) in [7, 11) is 1.81. The monoisotopic (exact) mass is 228 g/mol. The molecule has 0 saturated heterocycles. The van der Waals surface area contributed by atoms with Gasteiger partial charge in [0.05, 0.1) is 17.7 Å². The van der Waals surface area contributed by atoms with Crippen LogP contribution in [-0.4, -0.2) is 20.3 Å². The van der Waals surface area contributed by atoms with E-state index in [1.165, 1.54) is 0 Å². The van der Waals surface area contributed by atoms with E-state index in [2.05, 4.69) is 32.3 Å². The van der Waals surface area contributed by atoms with Crippen molar-refractivity contribution >= 4 is 15.9 Å². The Morgan fingerprint density at radius 1 is 1.83 bits per heavy atom. The zero-order valence-electron chi connectivity index (χ0n) is 6.74. The summed E-state index contributed by atoms with van der Waals surface area (Å²) < 4.78 is 1.64. The van der Waals surface area contributed by atoms with Crippen LogP contribution in [0.4, 0.5) is 0 Å². The van der Waals surface area contributed by atoms with E-state index in [1.807, 2.05) is 13.2 Å². The topological polar surface area (TPSA) is 54.5 Å². The van der Waals surface area contributed by atoms with Crippen molar-refractivity contribution in [3.8, 4) is 6.07 Å². The van der Waals surface area contributed by atoms with Crippen LogP contribution in [0.25, 0.3) is 0 Å². The third-order valence-corrected chi connectivity index (χ3v) is 2.26. The maximum atomic E-state index is 8.66. The van der Waals surface area contributed by atoms with Gasteiger partial charge in [-0.2, -0.15) is 5.26 Å². The number of alkyl halides is 1. The van der Waals surface area contributed by atoms with Crippen molar-refractivity contribution in [1.29, 1.82) is 5.26 Å². The molecule has 0 aliphatic rings. The molecule has 1 aromatic rings. The molecule has 0 N–H and O–H groups in total. The second-order valence-corrected chi connectivity index (χ2v) is 3.22. The molecule has 0 spiro atoms. The minimum atomic E-state index is -0.0123. The lowest BCUT2D eigenvalue weighted by atomic mass is 10.1. The van der Waals surface area contributed by atoms with Crippen LogP contribution in [0.15, 0.2) is 6.20 Å². The first-order valence-electron chi connectivity index (χ1n) is 3.57. The highest BCUT2D eigenvalue weighted by Crippen LogP contribution is 2.07. The summed E-state index contributed by atoms with van der Waals surface area (Å²) in [5.41, 5.74) is 0.864. The van der Waals surface area contributed by atoms with Crippen molar-refractivity contribution in [2.75, 3.05) is 5.33 Å². The molecule has 0 radical (unpaired) electrons. The van der Waals surface area contributed by atoms with Gasteiger partial charge in [-0.15, -0.1) is 5.10 Å². The van der Waals surface area contributed by atoms with E-state index in [4.69, 9.17) is 5.26 Å². The van der Waals surface area contributed by atoms with Crippen molar-refractivity contribution in [2.45, 2.75) is 6.42 Å². The maximum absolute atomic E-state index is 8.66. The molecule has 0 aliphatic carbocycles. The first-order chi connectivity index (χ1) is 5.76. The molecule has 64 valence electrons. The van der Waals surface area contributed by atoms with E-state index in [1.54, 1.807) is 4.68 Å². The Morgan fingerprint density at radius 2 is 2.58 bits per heavy atom. The Kier molecular flexibility index (Phi) is 3.23. The predicted octanol–water partition coefficient (Wildman–Crippen LogP) is 0.892. The van der Waals surface area contributed by atoms with Crippen molar-refractivity contribution in [2.24, 2.45) is 13.0 Å². The van der Waals surface area contributed by atoms with Crippen molar-refractivity contribution < 1.29 is 0 Å². The van der Waals surface area contributed by atoms with Gasteiger partial charge in [0.25, 0.3) is 0 Å². The molecule has 1 rings (SSSR count). The van der Waals surface area contributed by atoms with E-state index in [9.17, 15) is 0 Å². The average molecular weight is 229 g/mol. The van der Waals surface area contributed by atoms with Crippen LogP contribution in [0, 0.1) is 17.2 Å². The Bertz CT molecular complexity index is 288. The Hall–Kier alpha value is -0.890.